The number of rotatable bonds is 5. The van der Waals surface area contributed by atoms with Crippen LogP contribution in [-0.2, 0) is 6.54 Å². The molecule has 2 rings (SSSR count). The van der Waals surface area contributed by atoms with Crippen LogP contribution >= 0.6 is 0 Å². The molecule has 0 radical (unpaired) electrons. The lowest BCUT2D eigenvalue weighted by molar-refractivity contribution is 0.0581. The Balaban J connectivity index is 1.94. The second kappa shape index (κ2) is 5.85. The molecule has 2 N–H and O–H groups in total. The number of nitrogens with zero attached hydrogens (tertiary/aromatic N) is 3. The van der Waals surface area contributed by atoms with E-state index in [0.29, 0.717) is 0 Å². The maximum atomic E-state index is 6.09. The van der Waals surface area contributed by atoms with Crippen molar-refractivity contribution in [3.8, 4) is 0 Å². The monoisotopic (exact) mass is 250 g/mol. The summed E-state index contributed by atoms with van der Waals surface area (Å²) in [6, 6.07) is 1.97. The summed E-state index contributed by atoms with van der Waals surface area (Å²) in [4.78, 5) is 2.46. The van der Waals surface area contributed by atoms with Crippen molar-refractivity contribution in [1.82, 2.24) is 14.7 Å². The lowest BCUT2D eigenvalue weighted by Crippen LogP contribution is -2.55. The Morgan fingerprint density at radius 1 is 1.56 bits per heavy atom. The Morgan fingerprint density at radius 3 is 3.00 bits per heavy atom. The number of nitrogens with two attached hydrogens (primary N) is 1. The van der Waals surface area contributed by atoms with Crippen molar-refractivity contribution in [2.45, 2.75) is 44.7 Å². The highest BCUT2D eigenvalue weighted by Gasteiger charge is 2.36. The predicted molar refractivity (Wildman–Crippen MR) is 74.3 cm³/mol. The topological polar surface area (TPSA) is 47.1 Å². The molecule has 0 saturated heterocycles. The van der Waals surface area contributed by atoms with Gasteiger partial charge in [0, 0.05) is 31.0 Å². The van der Waals surface area contributed by atoms with Gasteiger partial charge < -0.3 is 5.73 Å². The van der Waals surface area contributed by atoms with Crippen molar-refractivity contribution >= 4 is 0 Å². The van der Waals surface area contributed by atoms with E-state index >= 15 is 0 Å². The Kier molecular flexibility index (Phi) is 4.40. The van der Waals surface area contributed by atoms with E-state index in [2.05, 4.69) is 24.0 Å². The standard InChI is InChI=1S/C14H26N4/c1-13-5-3-6-14(11-13,12-15)17(2)9-10-18-8-4-7-16-18/h4,7-8,13H,3,5-6,9-12,15H2,1-2H3. The van der Waals surface area contributed by atoms with Crippen LogP contribution in [0.15, 0.2) is 18.5 Å². The van der Waals surface area contributed by atoms with Gasteiger partial charge >= 0.3 is 0 Å². The number of hydrogen-bond donors (Lipinski definition) is 1. The molecule has 2 unspecified atom stereocenters. The van der Waals surface area contributed by atoms with E-state index in [1.165, 1.54) is 25.7 Å². The predicted octanol–water partition coefficient (Wildman–Crippen LogP) is 1.72. The maximum absolute atomic E-state index is 6.09. The van der Waals surface area contributed by atoms with Gasteiger partial charge in [-0.1, -0.05) is 19.8 Å². The zero-order valence-corrected chi connectivity index (χ0v) is 11.7. The summed E-state index contributed by atoms with van der Waals surface area (Å²) >= 11 is 0. The van der Waals surface area contributed by atoms with Gasteiger partial charge in [0.25, 0.3) is 0 Å². The molecule has 0 amide bonds. The molecule has 1 aliphatic carbocycles. The zero-order chi connectivity index (χ0) is 13.0. The number of hydrogen-bond acceptors (Lipinski definition) is 3. The minimum Gasteiger partial charge on any atom is -0.329 e. The molecule has 1 heterocycles. The fourth-order valence-corrected chi connectivity index (χ4v) is 3.24. The van der Waals surface area contributed by atoms with Crippen molar-refractivity contribution in [2.75, 3.05) is 20.1 Å². The van der Waals surface area contributed by atoms with Crippen molar-refractivity contribution < 1.29 is 0 Å². The fourth-order valence-electron chi connectivity index (χ4n) is 3.24. The molecule has 1 fully saturated rings. The van der Waals surface area contributed by atoms with Crippen LogP contribution in [0.2, 0.25) is 0 Å². The Morgan fingerprint density at radius 2 is 2.39 bits per heavy atom. The van der Waals surface area contributed by atoms with Gasteiger partial charge in [0.15, 0.2) is 0 Å². The SMILES string of the molecule is CC1CCCC(CN)(N(C)CCn2cccn2)C1. The highest BCUT2D eigenvalue weighted by atomic mass is 15.3. The van der Waals surface area contributed by atoms with Crippen LogP contribution in [0.3, 0.4) is 0 Å². The van der Waals surface area contributed by atoms with Gasteiger partial charge in [-0.3, -0.25) is 9.58 Å². The minimum atomic E-state index is 0.213. The third-order valence-corrected chi connectivity index (χ3v) is 4.48. The summed E-state index contributed by atoms with van der Waals surface area (Å²) in [6.45, 7) is 5.09. The fraction of sp³-hybridized carbons (Fsp3) is 0.786. The molecular formula is C14H26N4. The third kappa shape index (κ3) is 2.93. The molecule has 1 aromatic heterocycles. The lowest BCUT2D eigenvalue weighted by Gasteiger charge is -2.46. The van der Waals surface area contributed by atoms with E-state index in [0.717, 1.165) is 25.6 Å². The first-order valence-electron chi connectivity index (χ1n) is 7.05. The van der Waals surface area contributed by atoms with E-state index in [-0.39, 0.29) is 5.54 Å². The molecule has 18 heavy (non-hydrogen) atoms. The number of likely N-dealkylation sites (N-methyl/N-ethyl adjacent to an activating group) is 1. The van der Waals surface area contributed by atoms with Gasteiger partial charge in [0.1, 0.15) is 0 Å². The van der Waals surface area contributed by atoms with Crippen molar-refractivity contribution in [1.29, 1.82) is 0 Å². The Hall–Kier alpha value is -0.870. The smallest absolute Gasteiger partial charge is 0.0536 e. The second-order valence-corrected chi connectivity index (χ2v) is 5.82. The molecule has 0 aromatic carbocycles. The maximum Gasteiger partial charge on any atom is 0.0536 e. The van der Waals surface area contributed by atoms with Crippen LogP contribution in [0.25, 0.3) is 0 Å². The quantitative estimate of drug-likeness (QED) is 0.865. The summed E-state index contributed by atoms with van der Waals surface area (Å²) < 4.78 is 1.99. The molecule has 2 atom stereocenters. The molecule has 1 aromatic rings. The van der Waals surface area contributed by atoms with Gasteiger partial charge in [-0.15, -0.1) is 0 Å². The van der Waals surface area contributed by atoms with Gasteiger partial charge in [0.2, 0.25) is 0 Å². The normalized spacial score (nSPS) is 28.8. The summed E-state index contributed by atoms with van der Waals surface area (Å²) in [6.07, 6.45) is 9.00. The first-order chi connectivity index (χ1) is 8.66. The highest BCUT2D eigenvalue weighted by molar-refractivity contribution is 4.94. The van der Waals surface area contributed by atoms with Crippen LogP contribution < -0.4 is 5.73 Å². The number of aromatic nitrogens is 2. The summed E-state index contributed by atoms with van der Waals surface area (Å²) in [7, 11) is 2.22. The highest BCUT2D eigenvalue weighted by Crippen LogP contribution is 2.35. The molecule has 0 aliphatic heterocycles. The molecule has 0 spiro atoms. The van der Waals surface area contributed by atoms with Crippen molar-refractivity contribution in [2.24, 2.45) is 11.7 Å². The van der Waals surface area contributed by atoms with E-state index in [9.17, 15) is 0 Å². The average Bonchev–Trinajstić information content (AvgIpc) is 2.88. The van der Waals surface area contributed by atoms with Crippen LogP contribution in [0, 0.1) is 5.92 Å². The molecule has 1 aliphatic rings. The molecule has 4 heteroatoms. The first-order valence-corrected chi connectivity index (χ1v) is 7.05. The molecule has 1 saturated carbocycles. The Labute approximate surface area is 110 Å². The largest absolute Gasteiger partial charge is 0.329 e. The van der Waals surface area contributed by atoms with Crippen LogP contribution in [0.5, 0.6) is 0 Å². The van der Waals surface area contributed by atoms with Crippen molar-refractivity contribution in [3.05, 3.63) is 18.5 Å². The summed E-state index contributed by atoms with van der Waals surface area (Å²) in [5.74, 6) is 0.800. The van der Waals surface area contributed by atoms with Gasteiger partial charge in [-0.05, 0) is 31.9 Å². The third-order valence-electron chi connectivity index (χ3n) is 4.48. The average molecular weight is 250 g/mol. The van der Waals surface area contributed by atoms with Crippen LogP contribution in [0.1, 0.15) is 32.6 Å². The van der Waals surface area contributed by atoms with E-state index in [4.69, 9.17) is 5.73 Å². The van der Waals surface area contributed by atoms with Gasteiger partial charge in [-0.25, -0.2) is 0 Å². The summed E-state index contributed by atoms with van der Waals surface area (Å²) in [5.41, 5.74) is 6.30. The van der Waals surface area contributed by atoms with E-state index in [1.807, 2.05) is 23.1 Å². The molecule has 4 nitrogen and oxygen atoms in total. The van der Waals surface area contributed by atoms with E-state index < -0.39 is 0 Å². The zero-order valence-electron chi connectivity index (χ0n) is 11.7. The second-order valence-electron chi connectivity index (χ2n) is 5.82. The van der Waals surface area contributed by atoms with Gasteiger partial charge in [0.05, 0.1) is 6.54 Å². The first kappa shape index (κ1) is 13.6. The van der Waals surface area contributed by atoms with E-state index in [1.54, 1.807) is 0 Å². The summed E-state index contributed by atoms with van der Waals surface area (Å²) in [5, 5.41) is 4.26. The molecule has 102 valence electrons. The Bertz CT molecular complexity index is 349. The van der Waals surface area contributed by atoms with Crippen LogP contribution in [-0.4, -0.2) is 40.4 Å². The van der Waals surface area contributed by atoms with Crippen LogP contribution in [0.4, 0.5) is 0 Å². The minimum absolute atomic E-state index is 0.213. The van der Waals surface area contributed by atoms with Gasteiger partial charge in [-0.2, -0.15) is 5.10 Å². The lowest BCUT2D eigenvalue weighted by atomic mass is 9.75. The molecule has 0 bridgehead atoms. The van der Waals surface area contributed by atoms with Crippen molar-refractivity contribution in [3.63, 3.8) is 0 Å². The molecular weight excluding hydrogens is 224 g/mol.